The molecule has 0 amide bonds. The normalized spacial score (nSPS) is 28.9. The standard InChI is InChI=1S/C14H28N2O2/c1-11-6-9-16(10-12(11)2)8-5-7-14(3,15-4)13(17)18/h11-12,15H,5-10H2,1-4H3,(H,17,18). The van der Waals surface area contributed by atoms with E-state index in [0.717, 1.165) is 37.9 Å². The highest BCUT2D eigenvalue weighted by Crippen LogP contribution is 2.23. The van der Waals surface area contributed by atoms with Crippen molar-refractivity contribution < 1.29 is 9.90 Å². The first-order valence-corrected chi connectivity index (χ1v) is 7.03. The molecule has 0 saturated carbocycles. The average Bonchev–Trinajstić information content (AvgIpc) is 2.33. The first-order chi connectivity index (χ1) is 8.39. The van der Waals surface area contributed by atoms with Crippen molar-refractivity contribution in [3.63, 3.8) is 0 Å². The van der Waals surface area contributed by atoms with Crippen LogP contribution >= 0.6 is 0 Å². The molecular weight excluding hydrogens is 228 g/mol. The maximum Gasteiger partial charge on any atom is 0.323 e. The van der Waals surface area contributed by atoms with E-state index in [-0.39, 0.29) is 0 Å². The maximum atomic E-state index is 11.2. The Bertz CT molecular complexity index is 283. The summed E-state index contributed by atoms with van der Waals surface area (Å²) in [5.74, 6) is 0.822. The van der Waals surface area contributed by atoms with Crippen LogP contribution in [-0.4, -0.2) is 48.2 Å². The molecule has 0 aromatic heterocycles. The summed E-state index contributed by atoms with van der Waals surface area (Å²) in [4.78, 5) is 13.6. The second-order valence-electron chi connectivity index (χ2n) is 6.03. The van der Waals surface area contributed by atoms with Crippen LogP contribution in [-0.2, 0) is 4.79 Å². The van der Waals surface area contributed by atoms with Crippen molar-refractivity contribution in [1.82, 2.24) is 10.2 Å². The summed E-state index contributed by atoms with van der Waals surface area (Å²) >= 11 is 0. The lowest BCUT2D eigenvalue weighted by atomic mass is 9.88. The van der Waals surface area contributed by atoms with Crippen LogP contribution in [0.1, 0.15) is 40.0 Å². The van der Waals surface area contributed by atoms with Crippen LogP contribution in [0.2, 0.25) is 0 Å². The van der Waals surface area contributed by atoms with E-state index in [1.807, 2.05) is 0 Å². The van der Waals surface area contributed by atoms with Crippen LogP contribution in [0.25, 0.3) is 0 Å². The summed E-state index contributed by atoms with van der Waals surface area (Å²) in [5, 5.41) is 12.1. The number of likely N-dealkylation sites (tertiary alicyclic amines) is 1. The van der Waals surface area contributed by atoms with Crippen LogP contribution in [0.3, 0.4) is 0 Å². The predicted octanol–water partition coefficient (Wildman–Crippen LogP) is 1.81. The first kappa shape index (κ1) is 15.4. The monoisotopic (exact) mass is 256 g/mol. The van der Waals surface area contributed by atoms with E-state index in [0.29, 0.717) is 6.42 Å². The largest absolute Gasteiger partial charge is 0.480 e. The lowest BCUT2D eigenvalue weighted by molar-refractivity contribution is -0.144. The Balaban J connectivity index is 2.31. The SMILES string of the molecule is CNC(C)(CCCN1CCC(C)C(C)C1)C(=O)O. The van der Waals surface area contributed by atoms with E-state index < -0.39 is 11.5 Å². The van der Waals surface area contributed by atoms with Crippen LogP contribution in [0.15, 0.2) is 0 Å². The molecule has 1 aliphatic heterocycles. The van der Waals surface area contributed by atoms with Crippen molar-refractivity contribution in [2.75, 3.05) is 26.7 Å². The Morgan fingerprint density at radius 3 is 2.61 bits per heavy atom. The van der Waals surface area contributed by atoms with Gasteiger partial charge in [-0.05, 0) is 58.2 Å². The number of aliphatic carboxylic acids is 1. The number of rotatable bonds is 6. The zero-order valence-electron chi connectivity index (χ0n) is 12.2. The van der Waals surface area contributed by atoms with Gasteiger partial charge in [-0.25, -0.2) is 0 Å². The number of carboxylic acids is 1. The zero-order valence-corrected chi connectivity index (χ0v) is 12.2. The molecule has 1 heterocycles. The molecule has 4 nitrogen and oxygen atoms in total. The van der Waals surface area contributed by atoms with Gasteiger partial charge in [-0.1, -0.05) is 13.8 Å². The minimum absolute atomic E-state index is 0.680. The molecule has 0 aliphatic carbocycles. The third-order valence-corrected chi connectivity index (χ3v) is 4.59. The van der Waals surface area contributed by atoms with Crippen molar-refractivity contribution in [3.8, 4) is 0 Å². The summed E-state index contributed by atoms with van der Waals surface area (Å²) < 4.78 is 0. The molecule has 3 unspecified atom stereocenters. The molecule has 1 aliphatic rings. The Kier molecular flexibility index (Phi) is 5.60. The lowest BCUT2D eigenvalue weighted by Gasteiger charge is -2.35. The fraction of sp³-hybridized carbons (Fsp3) is 0.929. The molecule has 18 heavy (non-hydrogen) atoms. The molecule has 1 rings (SSSR count). The Morgan fingerprint density at radius 1 is 1.44 bits per heavy atom. The predicted molar refractivity (Wildman–Crippen MR) is 73.7 cm³/mol. The summed E-state index contributed by atoms with van der Waals surface area (Å²) in [7, 11) is 1.72. The van der Waals surface area contributed by atoms with Gasteiger partial charge in [0, 0.05) is 6.54 Å². The van der Waals surface area contributed by atoms with Gasteiger partial charge in [0.05, 0.1) is 0 Å². The van der Waals surface area contributed by atoms with Crippen molar-refractivity contribution in [1.29, 1.82) is 0 Å². The van der Waals surface area contributed by atoms with E-state index >= 15 is 0 Å². The van der Waals surface area contributed by atoms with Crippen molar-refractivity contribution in [2.45, 2.75) is 45.6 Å². The summed E-state index contributed by atoms with van der Waals surface area (Å²) in [6.07, 6.45) is 2.88. The highest BCUT2D eigenvalue weighted by atomic mass is 16.4. The number of nitrogens with zero attached hydrogens (tertiary/aromatic N) is 1. The van der Waals surface area contributed by atoms with Gasteiger partial charge in [-0.2, -0.15) is 0 Å². The van der Waals surface area contributed by atoms with Gasteiger partial charge in [-0.3, -0.25) is 4.79 Å². The Labute approximate surface area is 111 Å². The zero-order chi connectivity index (χ0) is 13.8. The van der Waals surface area contributed by atoms with Crippen LogP contribution < -0.4 is 5.32 Å². The molecule has 0 aromatic rings. The number of carbonyl (C=O) groups is 1. The van der Waals surface area contributed by atoms with E-state index in [1.165, 1.54) is 6.42 Å². The van der Waals surface area contributed by atoms with Gasteiger partial charge in [0.15, 0.2) is 0 Å². The number of hydrogen-bond acceptors (Lipinski definition) is 3. The van der Waals surface area contributed by atoms with E-state index in [2.05, 4.69) is 24.1 Å². The fourth-order valence-electron chi connectivity index (χ4n) is 2.55. The lowest BCUT2D eigenvalue weighted by Crippen LogP contribution is -2.48. The molecule has 106 valence electrons. The third-order valence-electron chi connectivity index (χ3n) is 4.59. The molecular formula is C14H28N2O2. The summed E-state index contributed by atoms with van der Waals surface area (Å²) in [6.45, 7) is 9.73. The Hall–Kier alpha value is -0.610. The molecule has 1 saturated heterocycles. The summed E-state index contributed by atoms with van der Waals surface area (Å²) in [5.41, 5.74) is -0.783. The number of hydrogen-bond donors (Lipinski definition) is 2. The second kappa shape index (κ2) is 6.53. The van der Waals surface area contributed by atoms with Crippen LogP contribution in [0, 0.1) is 11.8 Å². The van der Waals surface area contributed by atoms with Gasteiger partial charge in [-0.15, -0.1) is 0 Å². The van der Waals surface area contributed by atoms with E-state index in [9.17, 15) is 9.90 Å². The minimum atomic E-state index is -0.783. The Morgan fingerprint density at radius 2 is 2.11 bits per heavy atom. The first-order valence-electron chi connectivity index (χ1n) is 7.03. The van der Waals surface area contributed by atoms with Gasteiger partial charge in [0.25, 0.3) is 0 Å². The smallest absolute Gasteiger partial charge is 0.323 e. The average molecular weight is 256 g/mol. The molecule has 4 heteroatoms. The second-order valence-corrected chi connectivity index (χ2v) is 6.03. The highest BCUT2D eigenvalue weighted by molar-refractivity contribution is 5.78. The van der Waals surface area contributed by atoms with Gasteiger partial charge >= 0.3 is 5.97 Å². The molecule has 0 aromatic carbocycles. The number of nitrogens with one attached hydrogen (secondary N) is 1. The fourth-order valence-corrected chi connectivity index (χ4v) is 2.55. The van der Waals surface area contributed by atoms with Crippen molar-refractivity contribution in [2.24, 2.45) is 11.8 Å². The maximum absolute atomic E-state index is 11.2. The molecule has 2 N–H and O–H groups in total. The van der Waals surface area contributed by atoms with Crippen LogP contribution in [0.4, 0.5) is 0 Å². The minimum Gasteiger partial charge on any atom is -0.480 e. The van der Waals surface area contributed by atoms with Crippen molar-refractivity contribution >= 4 is 5.97 Å². The van der Waals surface area contributed by atoms with Gasteiger partial charge in [0.1, 0.15) is 5.54 Å². The molecule has 0 bridgehead atoms. The quantitative estimate of drug-likeness (QED) is 0.761. The third kappa shape index (κ3) is 3.95. The summed E-state index contributed by atoms with van der Waals surface area (Å²) in [6, 6.07) is 0. The number of piperidine rings is 1. The number of carboxylic acid groups (broad SMARTS) is 1. The topological polar surface area (TPSA) is 52.6 Å². The van der Waals surface area contributed by atoms with Gasteiger partial charge < -0.3 is 15.3 Å². The van der Waals surface area contributed by atoms with E-state index in [4.69, 9.17) is 0 Å². The molecule has 3 atom stereocenters. The van der Waals surface area contributed by atoms with E-state index in [1.54, 1.807) is 14.0 Å². The van der Waals surface area contributed by atoms with Crippen molar-refractivity contribution in [3.05, 3.63) is 0 Å². The van der Waals surface area contributed by atoms with Gasteiger partial charge in [0.2, 0.25) is 0 Å². The highest BCUT2D eigenvalue weighted by Gasteiger charge is 2.31. The van der Waals surface area contributed by atoms with Crippen LogP contribution in [0.5, 0.6) is 0 Å². The molecule has 0 spiro atoms. The molecule has 1 fully saturated rings. The number of likely N-dealkylation sites (N-methyl/N-ethyl adjacent to an activating group) is 1. The molecule has 0 radical (unpaired) electrons.